The van der Waals surface area contributed by atoms with E-state index in [9.17, 15) is 4.79 Å². The SMILES string of the molecule is COc1ccc2o/c(=N\O)c(C(=O)Nc3cccc(Cl)c3)cc2c1. The Balaban J connectivity index is 2.05. The zero-order valence-corrected chi connectivity index (χ0v) is 13.4. The van der Waals surface area contributed by atoms with Crippen LogP contribution in [0.3, 0.4) is 0 Å². The summed E-state index contributed by atoms with van der Waals surface area (Å²) in [4.78, 5) is 12.5. The van der Waals surface area contributed by atoms with Crippen molar-refractivity contribution >= 4 is 34.2 Å². The van der Waals surface area contributed by atoms with Crippen LogP contribution in [0, 0.1) is 0 Å². The first kappa shape index (κ1) is 15.9. The lowest BCUT2D eigenvalue weighted by molar-refractivity contribution is 0.102. The second-order valence-corrected chi connectivity index (χ2v) is 5.37. The Kier molecular flexibility index (Phi) is 4.39. The maximum Gasteiger partial charge on any atom is 0.268 e. The number of anilines is 1. The molecule has 24 heavy (non-hydrogen) atoms. The molecule has 1 aromatic heterocycles. The maximum atomic E-state index is 12.5. The van der Waals surface area contributed by atoms with Gasteiger partial charge in [-0.3, -0.25) is 4.79 Å². The first-order valence-electron chi connectivity index (χ1n) is 6.97. The van der Waals surface area contributed by atoms with Gasteiger partial charge < -0.3 is 19.7 Å². The van der Waals surface area contributed by atoms with Gasteiger partial charge >= 0.3 is 0 Å². The minimum atomic E-state index is -0.487. The molecule has 0 saturated heterocycles. The second kappa shape index (κ2) is 6.64. The van der Waals surface area contributed by atoms with Crippen molar-refractivity contribution < 1.29 is 19.2 Å². The molecule has 0 unspecified atom stereocenters. The van der Waals surface area contributed by atoms with Crippen LogP contribution in [0.15, 0.2) is 58.1 Å². The van der Waals surface area contributed by atoms with Crippen LogP contribution in [-0.4, -0.2) is 18.2 Å². The van der Waals surface area contributed by atoms with Crippen molar-refractivity contribution in [3.8, 4) is 5.75 Å². The highest BCUT2D eigenvalue weighted by atomic mass is 35.5. The van der Waals surface area contributed by atoms with Gasteiger partial charge in [0.05, 0.1) is 7.11 Å². The van der Waals surface area contributed by atoms with Crippen molar-refractivity contribution in [2.75, 3.05) is 12.4 Å². The van der Waals surface area contributed by atoms with Crippen LogP contribution < -0.4 is 15.6 Å². The van der Waals surface area contributed by atoms with E-state index < -0.39 is 5.91 Å². The Labute approximate surface area is 141 Å². The Morgan fingerprint density at radius 1 is 1.25 bits per heavy atom. The van der Waals surface area contributed by atoms with E-state index in [2.05, 4.69) is 10.5 Å². The molecule has 0 aliphatic carbocycles. The number of carbonyl (C=O) groups excluding carboxylic acids is 1. The summed E-state index contributed by atoms with van der Waals surface area (Å²) in [5, 5.41) is 16.0. The van der Waals surface area contributed by atoms with Gasteiger partial charge in [0.15, 0.2) is 0 Å². The molecule has 0 saturated carbocycles. The summed E-state index contributed by atoms with van der Waals surface area (Å²) < 4.78 is 10.6. The largest absolute Gasteiger partial charge is 0.497 e. The van der Waals surface area contributed by atoms with Gasteiger partial charge in [-0.2, -0.15) is 0 Å². The molecule has 122 valence electrons. The summed E-state index contributed by atoms with van der Waals surface area (Å²) in [6.45, 7) is 0. The summed E-state index contributed by atoms with van der Waals surface area (Å²) in [6, 6.07) is 13.4. The summed E-state index contributed by atoms with van der Waals surface area (Å²) in [5.41, 5.74) is 0.871. The molecule has 2 N–H and O–H groups in total. The van der Waals surface area contributed by atoms with Crippen molar-refractivity contribution in [3.63, 3.8) is 0 Å². The van der Waals surface area contributed by atoms with Crippen molar-refractivity contribution in [2.45, 2.75) is 0 Å². The van der Waals surface area contributed by atoms with Gasteiger partial charge in [-0.25, -0.2) is 0 Å². The van der Waals surface area contributed by atoms with Crippen molar-refractivity contribution in [2.24, 2.45) is 5.16 Å². The van der Waals surface area contributed by atoms with E-state index in [1.165, 1.54) is 0 Å². The summed E-state index contributed by atoms with van der Waals surface area (Å²) >= 11 is 5.90. The quantitative estimate of drug-likeness (QED) is 0.561. The number of carbonyl (C=O) groups is 1. The predicted octanol–water partition coefficient (Wildman–Crippen LogP) is 3.64. The Morgan fingerprint density at radius 3 is 2.79 bits per heavy atom. The number of benzene rings is 2. The van der Waals surface area contributed by atoms with Gasteiger partial charge in [-0.1, -0.05) is 17.7 Å². The number of amides is 1. The highest BCUT2D eigenvalue weighted by Gasteiger charge is 2.14. The lowest BCUT2D eigenvalue weighted by Gasteiger charge is -2.07. The Hall–Kier alpha value is -2.99. The van der Waals surface area contributed by atoms with Crippen molar-refractivity contribution in [1.29, 1.82) is 0 Å². The van der Waals surface area contributed by atoms with Crippen LogP contribution in [0.5, 0.6) is 5.75 Å². The van der Waals surface area contributed by atoms with Crippen LogP contribution in [-0.2, 0) is 0 Å². The van der Waals surface area contributed by atoms with Gasteiger partial charge in [-0.15, -0.1) is 0 Å². The third-order valence-electron chi connectivity index (χ3n) is 3.37. The molecule has 3 aromatic rings. The molecule has 0 aliphatic heterocycles. The van der Waals surface area contributed by atoms with E-state index in [0.29, 0.717) is 27.4 Å². The van der Waals surface area contributed by atoms with Crippen LogP contribution in [0.4, 0.5) is 5.69 Å². The monoisotopic (exact) mass is 344 g/mol. The normalized spacial score (nSPS) is 11.5. The molecule has 0 bridgehead atoms. The van der Waals surface area contributed by atoms with Gasteiger partial charge in [0.25, 0.3) is 11.5 Å². The minimum Gasteiger partial charge on any atom is -0.497 e. The molecule has 7 heteroatoms. The van der Waals surface area contributed by atoms with Gasteiger partial charge in [0.2, 0.25) is 0 Å². The minimum absolute atomic E-state index is 0.0817. The lowest BCUT2D eigenvalue weighted by Crippen LogP contribution is -2.21. The van der Waals surface area contributed by atoms with Crippen molar-refractivity contribution in [3.05, 3.63) is 64.7 Å². The molecule has 0 aliphatic rings. The van der Waals surface area contributed by atoms with E-state index in [-0.39, 0.29) is 11.1 Å². The van der Waals surface area contributed by atoms with Crippen LogP contribution in [0.25, 0.3) is 11.0 Å². The molecule has 2 aromatic carbocycles. The fourth-order valence-electron chi connectivity index (χ4n) is 2.24. The number of ether oxygens (including phenoxy) is 1. The zero-order chi connectivity index (χ0) is 17.1. The molecule has 1 amide bonds. The molecular weight excluding hydrogens is 332 g/mol. The van der Waals surface area contributed by atoms with Crippen LogP contribution in [0.2, 0.25) is 5.02 Å². The third-order valence-corrected chi connectivity index (χ3v) is 3.61. The van der Waals surface area contributed by atoms with Gasteiger partial charge in [0.1, 0.15) is 16.9 Å². The first-order chi connectivity index (χ1) is 11.6. The fourth-order valence-corrected chi connectivity index (χ4v) is 2.43. The molecule has 0 spiro atoms. The number of nitrogens with one attached hydrogen (secondary N) is 1. The summed E-state index contributed by atoms with van der Waals surface area (Å²) in [7, 11) is 1.54. The van der Waals surface area contributed by atoms with Gasteiger partial charge in [-0.05, 0) is 47.6 Å². The highest BCUT2D eigenvalue weighted by molar-refractivity contribution is 6.31. The molecule has 3 rings (SSSR count). The van der Waals surface area contributed by atoms with E-state index in [1.807, 2.05) is 0 Å². The molecule has 0 atom stereocenters. The second-order valence-electron chi connectivity index (χ2n) is 4.93. The smallest absolute Gasteiger partial charge is 0.268 e. The predicted molar refractivity (Wildman–Crippen MR) is 89.5 cm³/mol. The van der Waals surface area contributed by atoms with E-state index in [1.54, 1.807) is 55.6 Å². The number of hydrogen-bond acceptors (Lipinski definition) is 5. The van der Waals surface area contributed by atoms with Crippen LogP contribution in [0.1, 0.15) is 10.4 Å². The molecule has 6 nitrogen and oxygen atoms in total. The summed E-state index contributed by atoms with van der Waals surface area (Å²) in [5.74, 6) is 0.131. The lowest BCUT2D eigenvalue weighted by atomic mass is 10.1. The van der Waals surface area contributed by atoms with Crippen LogP contribution >= 0.6 is 11.6 Å². The van der Waals surface area contributed by atoms with Gasteiger partial charge in [0, 0.05) is 16.1 Å². The topological polar surface area (TPSA) is 84.1 Å². The Bertz CT molecular complexity index is 982. The zero-order valence-electron chi connectivity index (χ0n) is 12.6. The van der Waals surface area contributed by atoms with E-state index in [0.717, 1.165) is 0 Å². The molecule has 0 radical (unpaired) electrons. The number of nitrogens with zero attached hydrogens (tertiary/aromatic N) is 1. The fraction of sp³-hybridized carbons (Fsp3) is 0.0588. The summed E-state index contributed by atoms with van der Waals surface area (Å²) in [6.07, 6.45) is 0. The Morgan fingerprint density at radius 2 is 2.08 bits per heavy atom. The average molecular weight is 345 g/mol. The molecule has 0 fully saturated rings. The standard InChI is InChI=1S/C17H13ClN2O4/c1-23-13-5-6-15-10(7-13)8-14(17(20-22)24-15)16(21)19-12-4-2-3-11(18)9-12/h2-9,22H,1H3,(H,19,21)/b20-17-. The molecular formula is C17H13ClN2O4. The number of fused-ring (bicyclic) bond motifs is 1. The first-order valence-corrected chi connectivity index (χ1v) is 7.35. The highest BCUT2D eigenvalue weighted by Crippen LogP contribution is 2.21. The van der Waals surface area contributed by atoms with E-state index in [4.69, 9.17) is 26.0 Å². The number of hydrogen-bond donors (Lipinski definition) is 2. The average Bonchev–Trinajstić information content (AvgIpc) is 2.60. The number of rotatable bonds is 3. The third kappa shape index (κ3) is 3.18. The number of methoxy groups -OCH3 is 1. The van der Waals surface area contributed by atoms with Crippen molar-refractivity contribution in [1.82, 2.24) is 0 Å². The number of halogens is 1. The molecule has 1 heterocycles. The van der Waals surface area contributed by atoms with E-state index >= 15 is 0 Å². The maximum absolute atomic E-state index is 12.5.